The van der Waals surface area contributed by atoms with E-state index in [9.17, 15) is 0 Å². The predicted octanol–water partition coefficient (Wildman–Crippen LogP) is 2.63. The van der Waals surface area contributed by atoms with Gasteiger partial charge < -0.3 is 10.6 Å². The summed E-state index contributed by atoms with van der Waals surface area (Å²) in [4.78, 5) is 4.19. The zero-order valence-corrected chi connectivity index (χ0v) is 11.5. The van der Waals surface area contributed by atoms with Crippen LogP contribution in [0, 0.1) is 6.92 Å². The molecule has 3 nitrogen and oxygen atoms in total. The summed E-state index contributed by atoms with van der Waals surface area (Å²) >= 11 is 0. The third kappa shape index (κ3) is 5.53. The molecule has 2 N–H and O–H groups in total. The van der Waals surface area contributed by atoms with Crippen LogP contribution in [0.4, 0.5) is 0 Å². The number of nitrogens with one attached hydrogen (secondary N) is 2. The Labute approximate surface area is 110 Å². The smallest absolute Gasteiger partial charge is 0.191 e. The molecule has 18 heavy (non-hydrogen) atoms. The second-order valence-corrected chi connectivity index (χ2v) is 4.20. The first-order valence-corrected chi connectivity index (χ1v) is 6.37. The molecule has 1 aromatic rings. The zero-order valence-electron chi connectivity index (χ0n) is 11.5. The van der Waals surface area contributed by atoms with Gasteiger partial charge in [0.2, 0.25) is 0 Å². The number of aliphatic imine (C=N–C) groups is 1. The minimum atomic E-state index is 0.795. The first-order valence-electron chi connectivity index (χ1n) is 6.37. The number of allylic oxidation sites excluding steroid dienone is 1. The van der Waals surface area contributed by atoms with Crippen LogP contribution in [0.1, 0.15) is 24.5 Å². The second kappa shape index (κ2) is 8.34. The summed E-state index contributed by atoms with van der Waals surface area (Å²) in [7, 11) is 1.79. The van der Waals surface area contributed by atoms with Crippen molar-refractivity contribution in [2.75, 3.05) is 13.6 Å². The highest BCUT2D eigenvalue weighted by Gasteiger charge is 1.96. The Balaban J connectivity index is 2.33. The summed E-state index contributed by atoms with van der Waals surface area (Å²) < 4.78 is 0. The van der Waals surface area contributed by atoms with Crippen LogP contribution in [0.2, 0.25) is 0 Å². The number of hydrogen-bond donors (Lipinski definition) is 2. The van der Waals surface area contributed by atoms with Crippen LogP contribution >= 0.6 is 0 Å². The molecule has 0 radical (unpaired) electrons. The highest BCUT2D eigenvalue weighted by molar-refractivity contribution is 5.79. The molecule has 98 valence electrons. The summed E-state index contributed by atoms with van der Waals surface area (Å²) in [5.74, 6) is 0.847. The Morgan fingerprint density at radius 3 is 2.56 bits per heavy atom. The van der Waals surface area contributed by atoms with E-state index < -0.39 is 0 Å². The molecular formula is C15H23N3. The van der Waals surface area contributed by atoms with Crippen LogP contribution in [0.3, 0.4) is 0 Å². The molecule has 0 aromatic heterocycles. The van der Waals surface area contributed by atoms with Gasteiger partial charge in [-0.3, -0.25) is 4.99 Å². The van der Waals surface area contributed by atoms with Crippen molar-refractivity contribution < 1.29 is 0 Å². The Hall–Kier alpha value is -1.77. The lowest BCUT2D eigenvalue weighted by molar-refractivity contribution is 0.804. The van der Waals surface area contributed by atoms with Gasteiger partial charge in [0.05, 0.1) is 0 Å². The lowest BCUT2D eigenvalue weighted by Gasteiger charge is -2.11. The molecule has 0 atom stereocenters. The van der Waals surface area contributed by atoms with Crippen LogP contribution in [0.15, 0.2) is 41.4 Å². The van der Waals surface area contributed by atoms with E-state index in [2.05, 4.69) is 59.0 Å². The van der Waals surface area contributed by atoms with Crippen molar-refractivity contribution in [3.8, 4) is 0 Å². The van der Waals surface area contributed by atoms with Gasteiger partial charge in [-0.05, 0) is 25.8 Å². The van der Waals surface area contributed by atoms with Crippen molar-refractivity contribution in [2.24, 2.45) is 4.99 Å². The van der Waals surface area contributed by atoms with Crippen LogP contribution in [-0.4, -0.2) is 19.6 Å². The first-order chi connectivity index (χ1) is 8.76. The van der Waals surface area contributed by atoms with Gasteiger partial charge in [-0.2, -0.15) is 0 Å². The van der Waals surface area contributed by atoms with Gasteiger partial charge in [-0.25, -0.2) is 0 Å². The third-order valence-corrected chi connectivity index (χ3v) is 2.64. The lowest BCUT2D eigenvalue weighted by atomic mass is 10.1. The molecule has 0 spiro atoms. The first kappa shape index (κ1) is 14.3. The number of benzene rings is 1. The van der Waals surface area contributed by atoms with E-state index in [4.69, 9.17) is 0 Å². The highest BCUT2D eigenvalue weighted by Crippen LogP contribution is 2.02. The fourth-order valence-corrected chi connectivity index (χ4v) is 1.55. The maximum Gasteiger partial charge on any atom is 0.191 e. The molecule has 0 saturated heterocycles. The largest absolute Gasteiger partial charge is 0.356 e. The van der Waals surface area contributed by atoms with Gasteiger partial charge in [0.15, 0.2) is 5.96 Å². The Morgan fingerprint density at radius 2 is 1.94 bits per heavy atom. The lowest BCUT2D eigenvalue weighted by Crippen LogP contribution is -2.37. The molecule has 0 bridgehead atoms. The number of guanidine groups is 1. The fraction of sp³-hybridized carbons (Fsp3) is 0.400. The Kier molecular flexibility index (Phi) is 6.62. The average molecular weight is 245 g/mol. The van der Waals surface area contributed by atoms with Gasteiger partial charge in [0, 0.05) is 20.1 Å². The van der Waals surface area contributed by atoms with Crippen molar-refractivity contribution in [2.45, 2.75) is 26.8 Å². The Morgan fingerprint density at radius 1 is 1.22 bits per heavy atom. The van der Waals surface area contributed by atoms with Crippen molar-refractivity contribution in [1.82, 2.24) is 10.6 Å². The van der Waals surface area contributed by atoms with E-state index in [1.54, 1.807) is 7.05 Å². The fourth-order valence-electron chi connectivity index (χ4n) is 1.55. The third-order valence-electron chi connectivity index (χ3n) is 2.64. The number of aryl methyl sites for hydroxylation is 1. The molecule has 0 aliphatic carbocycles. The van der Waals surface area contributed by atoms with Crippen LogP contribution < -0.4 is 10.6 Å². The molecule has 0 heterocycles. The van der Waals surface area contributed by atoms with E-state index >= 15 is 0 Å². The number of hydrogen-bond acceptors (Lipinski definition) is 1. The van der Waals surface area contributed by atoms with Gasteiger partial charge >= 0.3 is 0 Å². The predicted molar refractivity (Wildman–Crippen MR) is 78.8 cm³/mol. The van der Waals surface area contributed by atoms with Crippen molar-refractivity contribution in [3.63, 3.8) is 0 Å². The van der Waals surface area contributed by atoms with Crippen molar-refractivity contribution in [3.05, 3.63) is 47.5 Å². The standard InChI is InChI=1S/C15H23N3/c1-4-5-6-11-17-15(16-3)18-12-14-9-7-13(2)8-10-14/h4-5,7-10H,6,11-12H2,1-3H3,(H2,16,17,18). The van der Waals surface area contributed by atoms with Crippen LogP contribution in [-0.2, 0) is 6.54 Å². The summed E-state index contributed by atoms with van der Waals surface area (Å²) in [6.45, 7) is 5.82. The molecular weight excluding hydrogens is 222 g/mol. The van der Waals surface area contributed by atoms with Gasteiger partial charge in [-0.1, -0.05) is 42.0 Å². The quantitative estimate of drug-likeness (QED) is 0.362. The topological polar surface area (TPSA) is 36.4 Å². The van der Waals surface area contributed by atoms with E-state index in [1.807, 2.05) is 6.92 Å². The van der Waals surface area contributed by atoms with E-state index in [1.165, 1.54) is 11.1 Å². The molecule has 1 aromatic carbocycles. The van der Waals surface area contributed by atoms with Crippen LogP contribution in [0.25, 0.3) is 0 Å². The molecule has 0 amide bonds. The maximum absolute atomic E-state index is 4.19. The molecule has 0 saturated carbocycles. The molecule has 1 rings (SSSR count). The maximum atomic E-state index is 4.19. The summed E-state index contributed by atoms with van der Waals surface area (Å²) in [5, 5.41) is 6.57. The molecule has 0 aliphatic heterocycles. The minimum absolute atomic E-state index is 0.795. The Bertz CT molecular complexity index is 391. The summed E-state index contributed by atoms with van der Waals surface area (Å²) in [6, 6.07) is 8.52. The molecule has 0 unspecified atom stereocenters. The van der Waals surface area contributed by atoms with Crippen LogP contribution in [0.5, 0.6) is 0 Å². The molecule has 3 heteroatoms. The van der Waals surface area contributed by atoms with Crippen molar-refractivity contribution in [1.29, 1.82) is 0 Å². The van der Waals surface area contributed by atoms with E-state index in [0.717, 1.165) is 25.5 Å². The number of rotatable bonds is 5. The second-order valence-electron chi connectivity index (χ2n) is 4.20. The summed E-state index contributed by atoms with van der Waals surface area (Å²) in [6.07, 6.45) is 5.21. The van der Waals surface area contributed by atoms with Gasteiger partial charge in [0.25, 0.3) is 0 Å². The van der Waals surface area contributed by atoms with Gasteiger partial charge in [-0.15, -0.1) is 0 Å². The van der Waals surface area contributed by atoms with Crippen molar-refractivity contribution >= 4 is 5.96 Å². The number of nitrogens with zero attached hydrogens (tertiary/aromatic N) is 1. The van der Waals surface area contributed by atoms with Gasteiger partial charge in [0.1, 0.15) is 0 Å². The normalized spacial score (nSPS) is 11.8. The molecule has 0 fully saturated rings. The van der Waals surface area contributed by atoms with E-state index in [0.29, 0.717) is 0 Å². The van der Waals surface area contributed by atoms with E-state index in [-0.39, 0.29) is 0 Å². The SMILES string of the molecule is CC=CCCNC(=NC)NCc1ccc(C)cc1. The average Bonchev–Trinajstić information content (AvgIpc) is 2.40. The highest BCUT2D eigenvalue weighted by atomic mass is 15.2. The minimum Gasteiger partial charge on any atom is -0.356 e. The monoisotopic (exact) mass is 245 g/mol. The zero-order chi connectivity index (χ0) is 13.2. The summed E-state index contributed by atoms with van der Waals surface area (Å²) in [5.41, 5.74) is 2.55. The molecule has 0 aliphatic rings.